The van der Waals surface area contributed by atoms with Gasteiger partial charge in [-0.1, -0.05) is 41.9 Å². The number of nitriles is 1. The topological polar surface area (TPSA) is 103 Å². The molecule has 1 N–H and O–H groups in total. The Kier molecular flexibility index (Phi) is 7.82. The largest absolute Gasteiger partial charge is 0.351 e. The Morgan fingerprint density at radius 3 is 2.56 bits per heavy atom. The average Bonchev–Trinajstić information content (AvgIpc) is 3.32. The first-order valence-corrected chi connectivity index (χ1v) is 13.3. The van der Waals surface area contributed by atoms with Crippen LogP contribution in [0.15, 0.2) is 67.0 Å². The fourth-order valence-corrected chi connectivity index (χ4v) is 5.82. The van der Waals surface area contributed by atoms with Gasteiger partial charge in [0.1, 0.15) is 17.6 Å². The van der Waals surface area contributed by atoms with Crippen LogP contribution in [0.5, 0.6) is 0 Å². The Bertz CT molecular complexity index is 1550. The number of hydrogen-bond acceptors (Lipinski definition) is 5. The van der Waals surface area contributed by atoms with Crippen molar-refractivity contribution >= 4 is 34.9 Å². The van der Waals surface area contributed by atoms with Crippen LogP contribution in [0.3, 0.4) is 0 Å². The summed E-state index contributed by atoms with van der Waals surface area (Å²) in [5, 5.41) is 12.1. The Morgan fingerprint density at radius 1 is 1.12 bits per heavy atom. The van der Waals surface area contributed by atoms with Crippen molar-refractivity contribution in [3.8, 4) is 6.07 Å². The van der Waals surface area contributed by atoms with Crippen LogP contribution in [0.4, 0.5) is 18.9 Å². The predicted octanol–water partition coefficient (Wildman–Crippen LogP) is 5.50. The van der Waals surface area contributed by atoms with E-state index in [1.165, 1.54) is 24.4 Å². The van der Waals surface area contributed by atoms with Crippen LogP contribution in [0.2, 0.25) is 5.02 Å². The highest BCUT2D eigenvalue weighted by atomic mass is 35.5. The van der Waals surface area contributed by atoms with Crippen LogP contribution < -0.4 is 10.2 Å². The summed E-state index contributed by atoms with van der Waals surface area (Å²) in [5.41, 5.74) is 0.892. The number of Topliss-reactive ketones (excluding diaryl/α,β-unsaturated/α-hetero) is 1. The SMILES string of the molecule is N#Cc1cccc(C2C(=O)CCC2C(=O)N(c2cncc(F)c2)C(C(=O)NC2CC(F)(F)C2)c2ccccc2Cl)c1. The molecule has 11 heteroatoms. The highest BCUT2D eigenvalue weighted by Gasteiger charge is 2.49. The first-order valence-electron chi connectivity index (χ1n) is 13.0. The van der Waals surface area contributed by atoms with Gasteiger partial charge >= 0.3 is 0 Å². The van der Waals surface area contributed by atoms with Gasteiger partial charge < -0.3 is 5.32 Å². The van der Waals surface area contributed by atoms with E-state index in [9.17, 15) is 32.8 Å². The van der Waals surface area contributed by atoms with Crippen LogP contribution in [-0.2, 0) is 14.4 Å². The number of nitrogens with zero attached hydrogens (tertiary/aromatic N) is 3. The standard InChI is InChI=1S/C30H24ClF3N4O3/c31-24-7-2-1-6-22(24)27(28(40)37-20-12-30(33,34)13-20)38(21-11-19(32)15-36-16-21)29(41)23-8-9-25(39)26(23)18-5-3-4-17(10-18)14-35/h1-7,10-11,15-16,20,23,26-27H,8-9,12-13H2,(H,37,40). The second-order valence-electron chi connectivity index (χ2n) is 10.3. The van der Waals surface area contributed by atoms with Gasteiger partial charge in [-0.15, -0.1) is 0 Å². The van der Waals surface area contributed by atoms with Gasteiger partial charge in [-0.25, -0.2) is 13.2 Å². The molecule has 2 fully saturated rings. The van der Waals surface area contributed by atoms with Crippen LogP contribution in [0.1, 0.15) is 54.3 Å². The van der Waals surface area contributed by atoms with Gasteiger partial charge in [-0.3, -0.25) is 24.3 Å². The van der Waals surface area contributed by atoms with Crippen molar-refractivity contribution in [2.75, 3.05) is 4.90 Å². The molecule has 0 aliphatic heterocycles. The smallest absolute Gasteiger partial charge is 0.252 e. The summed E-state index contributed by atoms with van der Waals surface area (Å²) >= 11 is 6.49. The molecule has 0 spiro atoms. The summed E-state index contributed by atoms with van der Waals surface area (Å²) in [6.45, 7) is 0. The highest BCUT2D eigenvalue weighted by Crippen LogP contribution is 2.43. The van der Waals surface area contributed by atoms with Gasteiger partial charge in [0.05, 0.1) is 41.5 Å². The molecule has 2 saturated carbocycles. The van der Waals surface area contributed by atoms with Gasteiger partial charge in [-0.2, -0.15) is 5.26 Å². The molecule has 3 unspecified atom stereocenters. The lowest BCUT2D eigenvalue weighted by atomic mass is 9.85. The second kappa shape index (κ2) is 11.3. The molecule has 3 atom stereocenters. The quantitative estimate of drug-likeness (QED) is 0.398. The highest BCUT2D eigenvalue weighted by molar-refractivity contribution is 6.31. The molecule has 41 heavy (non-hydrogen) atoms. The first-order chi connectivity index (χ1) is 19.6. The number of aromatic nitrogens is 1. The fourth-order valence-electron chi connectivity index (χ4n) is 5.58. The van der Waals surface area contributed by atoms with Crippen molar-refractivity contribution in [1.82, 2.24) is 10.3 Å². The maximum absolute atomic E-state index is 14.5. The molecule has 0 bridgehead atoms. The lowest BCUT2D eigenvalue weighted by molar-refractivity contribution is -0.133. The normalized spacial score (nSPS) is 20.5. The number of halogens is 4. The predicted molar refractivity (Wildman–Crippen MR) is 144 cm³/mol. The number of nitrogens with one attached hydrogen (secondary N) is 1. The number of carbonyl (C=O) groups excluding carboxylic acids is 3. The third-order valence-corrected chi connectivity index (χ3v) is 7.84. The van der Waals surface area contributed by atoms with Gasteiger partial charge in [-0.05, 0) is 30.2 Å². The van der Waals surface area contributed by atoms with Crippen LogP contribution >= 0.6 is 11.6 Å². The Hall–Kier alpha value is -4.23. The number of carbonyl (C=O) groups is 3. The number of alkyl halides is 2. The molecule has 0 radical (unpaired) electrons. The van der Waals surface area contributed by atoms with Gasteiger partial charge in [0.2, 0.25) is 11.8 Å². The lowest BCUT2D eigenvalue weighted by Crippen LogP contribution is -2.54. The Balaban J connectivity index is 1.61. The van der Waals surface area contributed by atoms with Crippen molar-refractivity contribution in [3.63, 3.8) is 0 Å². The number of hydrogen-bond donors (Lipinski definition) is 1. The molecule has 2 aromatic carbocycles. The lowest BCUT2D eigenvalue weighted by Gasteiger charge is -2.39. The van der Waals surface area contributed by atoms with Crippen molar-refractivity contribution < 1.29 is 27.6 Å². The first kappa shape index (κ1) is 28.3. The second-order valence-corrected chi connectivity index (χ2v) is 10.7. The number of amides is 2. The van der Waals surface area contributed by atoms with E-state index in [1.54, 1.807) is 30.3 Å². The third kappa shape index (κ3) is 5.81. The zero-order valence-corrected chi connectivity index (χ0v) is 22.3. The Labute approximate surface area is 238 Å². The van der Waals surface area contributed by atoms with Crippen LogP contribution in [-0.4, -0.2) is 34.5 Å². The maximum Gasteiger partial charge on any atom is 0.252 e. The van der Waals surface area contributed by atoms with Crippen molar-refractivity contribution in [1.29, 1.82) is 5.26 Å². The minimum Gasteiger partial charge on any atom is -0.351 e. The number of pyridine rings is 1. The summed E-state index contributed by atoms with van der Waals surface area (Å²) in [7, 11) is 0. The van der Waals surface area contributed by atoms with E-state index in [1.807, 2.05) is 6.07 Å². The van der Waals surface area contributed by atoms with E-state index < -0.39 is 60.3 Å². The molecule has 210 valence electrons. The fraction of sp³-hybridized carbons (Fsp3) is 0.300. The zero-order chi connectivity index (χ0) is 29.3. The van der Waals surface area contributed by atoms with E-state index >= 15 is 0 Å². The molecule has 2 aliphatic carbocycles. The molecule has 2 aliphatic rings. The molecular weight excluding hydrogens is 557 g/mol. The van der Waals surface area contributed by atoms with Crippen molar-refractivity contribution in [3.05, 3.63) is 94.5 Å². The van der Waals surface area contributed by atoms with E-state index in [0.29, 0.717) is 11.1 Å². The number of rotatable bonds is 7. The van der Waals surface area contributed by atoms with Crippen molar-refractivity contribution in [2.24, 2.45) is 5.92 Å². The number of anilines is 1. The summed E-state index contributed by atoms with van der Waals surface area (Å²) in [6, 6.07) is 13.4. The molecule has 0 saturated heterocycles. The minimum absolute atomic E-state index is 0.0714. The molecule has 5 rings (SSSR count). The van der Waals surface area contributed by atoms with E-state index in [0.717, 1.165) is 17.2 Å². The van der Waals surface area contributed by atoms with Crippen LogP contribution in [0, 0.1) is 23.1 Å². The molecule has 1 heterocycles. The Morgan fingerprint density at radius 2 is 1.88 bits per heavy atom. The van der Waals surface area contributed by atoms with Gasteiger partial charge in [0.15, 0.2) is 0 Å². The molecule has 1 aromatic heterocycles. The maximum atomic E-state index is 14.5. The van der Waals surface area contributed by atoms with Gasteiger partial charge in [0, 0.05) is 42.0 Å². The summed E-state index contributed by atoms with van der Waals surface area (Å²) in [6.07, 6.45) is 1.24. The van der Waals surface area contributed by atoms with Crippen LogP contribution in [0.25, 0.3) is 0 Å². The molecular formula is C30H24ClF3N4O3. The monoisotopic (exact) mass is 580 g/mol. The number of benzene rings is 2. The summed E-state index contributed by atoms with van der Waals surface area (Å²) in [4.78, 5) is 46.3. The van der Waals surface area contributed by atoms with Gasteiger partial charge in [0.25, 0.3) is 5.92 Å². The number of ketones is 1. The van der Waals surface area contributed by atoms with E-state index in [-0.39, 0.29) is 34.9 Å². The summed E-state index contributed by atoms with van der Waals surface area (Å²) in [5.74, 6) is -7.25. The van der Waals surface area contributed by atoms with E-state index in [2.05, 4.69) is 10.3 Å². The third-order valence-electron chi connectivity index (χ3n) is 7.49. The molecule has 2 amide bonds. The van der Waals surface area contributed by atoms with Crippen molar-refractivity contribution in [2.45, 2.75) is 49.6 Å². The average molecular weight is 581 g/mol. The molecule has 7 nitrogen and oxygen atoms in total. The van der Waals surface area contributed by atoms with E-state index in [4.69, 9.17) is 11.6 Å². The summed E-state index contributed by atoms with van der Waals surface area (Å²) < 4.78 is 41.6. The minimum atomic E-state index is -2.91. The molecule has 3 aromatic rings. The zero-order valence-electron chi connectivity index (χ0n) is 21.6.